The highest BCUT2D eigenvalue weighted by atomic mass is 32.2. The first-order valence-electron chi connectivity index (χ1n) is 9.28. The zero-order valence-corrected chi connectivity index (χ0v) is 17.4. The summed E-state index contributed by atoms with van der Waals surface area (Å²) in [7, 11) is 0. The molecule has 0 saturated carbocycles. The lowest BCUT2D eigenvalue weighted by Crippen LogP contribution is -2.19. The van der Waals surface area contributed by atoms with Crippen molar-refractivity contribution in [2.75, 3.05) is 25.2 Å². The number of ether oxygens (including phenoxy) is 2. The molecule has 1 aromatic heterocycles. The van der Waals surface area contributed by atoms with Gasteiger partial charge in [0.25, 0.3) is 0 Å². The maximum atomic E-state index is 12.5. The van der Waals surface area contributed by atoms with Crippen LogP contribution < -0.4 is 14.3 Å². The molecule has 5 nitrogen and oxygen atoms in total. The zero-order valence-electron chi connectivity index (χ0n) is 15.7. The Morgan fingerprint density at radius 1 is 1.18 bits per heavy atom. The highest BCUT2D eigenvalue weighted by Crippen LogP contribution is 2.35. The van der Waals surface area contributed by atoms with Crippen molar-refractivity contribution in [1.29, 1.82) is 0 Å². The molecule has 2 aromatic carbocycles. The van der Waals surface area contributed by atoms with Crippen LogP contribution in [0.15, 0.2) is 47.5 Å². The van der Waals surface area contributed by atoms with E-state index in [9.17, 15) is 4.79 Å². The molecule has 0 bridgehead atoms. The molecule has 4 rings (SSSR count). The quantitative estimate of drug-likeness (QED) is 0.614. The molecule has 3 aromatic rings. The number of aryl methyl sites for hydroxylation is 2. The topological polar surface area (TPSA) is 52.8 Å². The summed E-state index contributed by atoms with van der Waals surface area (Å²) in [4.78, 5) is 17.7. The van der Waals surface area contributed by atoms with E-state index < -0.39 is 0 Å². The number of fused-ring (bicyclic) bond motifs is 2. The van der Waals surface area contributed by atoms with Gasteiger partial charge in [0.15, 0.2) is 16.3 Å². The molecule has 28 heavy (non-hydrogen) atoms. The molecule has 1 amide bonds. The van der Waals surface area contributed by atoms with Gasteiger partial charge in [-0.2, -0.15) is 16.8 Å². The van der Waals surface area contributed by atoms with E-state index in [-0.39, 0.29) is 5.91 Å². The molecule has 0 spiro atoms. The monoisotopic (exact) mass is 414 g/mol. The number of carbonyl (C=O) groups is 1. The summed E-state index contributed by atoms with van der Waals surface area (Å²) in [5, 5.41) is 0. The molecule has 0 unspecified atom stereocenters. The molecular weight excluding hydrogens is 392 g/mol. The third-order valence-corrected chi connectivity index (χ3v) is 6.19. The van der Waals surface area contributed by atoms with Crippen molar-refractivity contribution in [3.8, 4) is 11.5 Å². The maximum Gasteiger partial charge on any atom is 0.248 e. The van der Waals surface area contributed by atoms with Crippen LogP contribution in [-0.4, -0.2) is 35.7 Å². The fourth-order valence-electron chi connectivity index (χ4n) is 3.15. The number of thioether (sulfide) groups is 1. The molecule has 1 aliphatic rings. The Bertz CT molecular complexity index is 1040. The molecule has 2 heterocycles. The van der Waals surface area contributed by atoms with E-state index in [4.69, 9.17) is 9.47 Å². The minimum atomic E-state index is -0.0921. The van der Waals surface area contributed by atoms with Crippen LogP contribution in [0.1, 0.15) is 12.0 Å². The fourth-order valence-corrected chi connectivity index (χ4v) is 4.60. The number of thiazole rings is 1. The van der Waals surface area contributed by atoms with Crippen LogP contribution in [0, 0.1) is 0 Å². The summed E-state index contributed by atoms with van der Waals surface area (Å²) in [6, 6.07) is 14.0. The first-order valence-corrected chi connectivity index (χ1v) is 11.5. The van der Waals surface area contributed by atoms with Crippen LogP contribution in [0.2, 0.25) is 0 Å². The van der Waals surface area contributed by atoms with Gasteiger partial charge < -0.3 is 14.0 Å². The van der Waals surface area contributed by atoms with E-state index in [1.807, 2.05) is 42.5 Å². The number of carbonyl (C=O) groups excluding carboxylic acids is 1. The van der Waals surface area contributed by atoms with Gasteiger partial charge in [0.05, 0.1) is 10.2 Å². The molecule has 0 fully saturated rings. The summed E-state index contributed by atoms with van der Waals surface area (Å²) in [5.74, 6) is 2.38. The van der Waals surface area contributed by atoms with Crippen molar-refractivity contribution in [2.45, 2.75) is 19.4 Å². The Balaban J connectivity index is 1.66. The Hall–Kier alpha value is -2.25. The van der Waals surface area contributed by atoms with Gasteiger partial charge in [-0.05, 0) is 18.2 Å². The number of hydrogen-bond donors (Lipinski definition) is 0. The molecule has 0 radical (unpaired) electrons. The third-order valence-electron chi connectivity index (χ3n) is 4.56. The smallest absolute Gasteiger partial charge is 0.248 e. The van der Waals surface area contributed by atoms with Gasteiger partial charge in [0, 0.05) is 30.9 Å². The van der Waals surface area contributed by atoms with Crippen molar-refractivity contribution in [3.63, 3.8) is 0 Å². The Labute approximate surface area is 172 Å². The average molecular weight is 415 g/mol. The van der Waals surface area contributed by atoms with Gasteiger partial charge in [0.1, 0.15) is 13.2 Å². The summed E-state index contributed by atoms with van der Waals surface area (Å²) >= 11 is 3.30. The van der Waals surface area contributed by atoms with E-state index in [0.717, 1.165) is 44.4 Å². The Morgan fingerprint density at radius 3 is 2.68 bits per heavy atom. The maximum absolute atomic E-state index is 12.5. The second kappa shape index (κ2) is 8.84. The van der Waals surface area contributed by atoms with Crippen LogP contribution in [-0.2, 0) is 17.8 Å². The second-order valence-corrected chi connectivity index (χ2v) is 8.48. The van der Waals surface area contributed by atoms with Crippen molar-refractivity contribution in [1.82, 2.24) is 4.57 Å². The van der Waals surface area contributed by atoms with Crippen molar-refractivity contribution >= 4 is 39.2 Å². The molecule has 0 atom stereocenters. The Morgan fingerprint density at radius 2 is 1.93 bits per heavy atom. The summed E-state index contributed by atoms with van der Waals surface area (Å²) in [6.07, 6.45) is 3.19. The van der Waals surface area contributed by atoms with E-state index in [1.165, 1.54) is 11.3 Å². The van der Waals surface area contributed by atoms with E-state index >= 15 is 0 Å². The number of amides is 1. The minimum absolute atomic E-state index is 0.0921. The largest absolute Gasteiger partial charge is 0.486 e. The van der Waals surface area contributed by atoms with Gasteiger partial charge in [-0.1, -0.05) is 41.7 Å². The number of hydrogen-bond acceptors (Lipinski definition) is 5. The summed E-state index contributed by atoms with van der Waals surface area (Å²) in [6.45, 7) is 1.92. The predicted molar refractivity (Wildman–Crippen MR) is 115 cm³/mol. The highest BCUT2D eigenvalue weighted by molar-refractivity contribution is 7.98. The van der Waals surface area contributed by atoms with Crippen LogP contribution in [0.5, 0.6) is 11.5 Å². The molecule has 146 valence electrons. The average Bonchev–Trinajstić information content (AvgIpc) is 3.05. The molecule has 7 heteroatoms. The summed E-state index contributed by atoms with van der Waals surface area (Å²) in [5.41, 5.74) is 2.19. The Kier molecular flexibility index (Phi) is 6.02. The first kappa shape index (κ1) is 19.1. The van der Waals surface area contributed by atoms with Crippen LogP contribution in [0.25, 0.3) is 10.2 Å². The summed E-state index contributed by atoms with van der Waals surface area (Å²) < 4.78 is 14.6. The lowest BCUT2D eigenvalue weighted by molar-refractivity contribution is -0.118. The van der Waals surface area contributed by atoms with Crippen molar-refractivity contribution < 1.29 is 14.3 Å². The van der Waals surface area contributed by atoms with Crippen LogP contribution >= 0.6 is 23.1 Å². The number of rotatable bonds is 6. The standard InChI is InChI=1S/C21H22N2O3S2/c1-27-12-9-23-16-13-17-18(26-11-10-25-17)14-19(16)28-21(23)22-20(24)8-7-15-5-3-2-4-6-15/h2-6,13-14H,7-12H2,1H3. The molecular formula is C21H22N2O3S2. The highest BCUT2D eigenvalue weighted by Gasteiger charge is 2.16. The molecule has 0 saturated heterocycles. The molecule has 0 aliphatic carbocycles. The predicted octanol–water partition coefficient (Wildman–Crippen LogP) is 3.90. The zero-order chi connectivity index (χ0) is 19.3. The van der Waals surface area contributed by atoms with Gasteiger partial charge in [-0.15, -0.1) is 0 Å². The van der Waals surface area contributed by atoms with Crippen molar-refractivity contribution in [2.24, 2.45) is 4.99 Å². The van der Waals surface area contributed by atoms with Crippen molar-refractivity contribution in [3.05, 3.63) is 52.8 Å². The van der Waals surface area contributed by atoms with Gasteiger partial charge in [-0.25, -0.2) is 0 Å². The second-order valence-electron chi connectivity index (χ2n) is 6.48. The number of benzene rings is 2. The van der Waals surface area contributed by atoms with E-state index in [2.05, 4.69) is 15.8 Å². The normalized spacial score (nSPS) is 13.8. The van der Waals surface area contributed by atoms with Gasteiger partial charge in [0.2, 0.25) is 5.91 Å². The van der Waals surface area contributed by atoms with Gasteiger partial charge >= 0.3 is 0 Å². The molecule has 1 aliphatic heterocycles. The van der Waals surface area contributed by atoms with E-state index in [0.29, 0.717) is 26.1 Å². The molecule has 0 N–H and O–H groups in total. The van der Waals surface area contributed by atoms with Crippen LogP contribution in [0.4, 0.5) is 0 Å². The van der Waals surface area contributed by atoms with E-state index in [1.54, 1.807) is 11.8 Å². The van der Waals surface area contributed by atoms with Gasteiger partial charge in [-0.3, -0.25) is 4.79 Å². The number of nitrogens with zero attached hydrogens (tertiary/aromatic N) is 2. The SMILES string of the molecule is CSCCn1c(=NC(=O)CCc2ccccc2)sc2cc3c(cc21)OCCO3. The minimum Gasteiger partial charge on any atom is -0.486 e. The fraction of sp³-hybridized carbons (Fsp3) is 0.333. The van der Waals surface area contributed by atoms with Crippen LogP contribution in [0.3, 0.4) is 0 Å². The number of aromatic nitrogens is 1. The third kappa shape index (κ3) is 4.25. The lowest BCUT2D eigenvalue weighted by Gasteiger charge is -2.18. The lowest BCUT2D eigenvalue weighted by atomic mass is 10.1. The first-order chi connectivity index (χ1) is 13.7.